The van der Waals surface area contributed by atoms with Gasteiger partial charge in [0.2, 0.25) is 0 Å². The molecule has 25 heavy (non-hydrogen) atoms. The Bertz CT molecular complexity index is 891. The maximum Gasteiger partial charge on any atom is 0.128 e. The highest BCUT2D eigenvalue weighted by Crippen LogP contribution is 2.24. The lowest BCUT2D eigenvalue weighted by Crippen LogP contribution is -1.98. The van der Waals surface area contributed by atoms with E-state index in [1.165, 1.54) is 5.56 Å². The van der Waals surface area contributed by atoms with Gasteiger partial charge in [0.25, 0.3) is 0 Å². The lowest BCUT2D eigenvalue weighted by atomic mass is 10.2. The van der Waals surface area contributed by atoms with Gasteiger partial charge in [-0.05, 0) is 55.0 Å². The van der Waals surface area contributed by atoms with Gasteiger partial charge in [-0.25, -0.2) is 0 Å². The van der Waals surface area contributed by atoms with Crippen LogP contribution in [0.3, 0.4) is 0 Å². The summed E-state index contributed by atoms with van der Waals surface area (Å²) >= 11 is 9.53. The molecule has 3 aromatic rings. The molecule has 0 bridgehead atoms. The van der Waals surface area contributed by atoms with Crippen LogP contribution < -0.4 is 4.74 Å². The molecular formula is C21H17BrClNO. The molecule has 0 fully saturated rings. The second-order valence-electron chi connectivity index (χ2n) is 5.69. The Morgan fingerprint density at radius 2 is 1.84 bits per heavy atom. The van der Waals surface area contributed by atoms with Crippen LogP contribution in [0.2, 0.25) is 5.02 Å². The third-order valence-electron chi connectivity index (χ3n) is 3.64. The number of rotatable bonds is 5. The molecule has 0 saturated heterocycles. The second kappa shape index (κ2) is 8.32. The van der Waals surface area contributed by atoms with Crippen molar-refractivity contribution in [1.29, 1.82) is 0 Å². The van der Waals surface area contributed by atoms with Crippen molar-refractivity contribution < 1.29 is 4.74 Å². The van der Waals surface area contributed by atoms with Gasteiger partial charge >= 0.3 is 0 Å². The predicted octanol–water partition coefficient (Wildman–Crippen LogP) is 6.74. The summed E-state index contributed by atoms with van der Waals surface area (Å²) in [7, 11) is 0. The highest BCUT2D eigenvalue weighted by atomic mass is 79.9. The van der Waals surface area contributed by atoms with Gasteiger partial charge in [-0.15, -0.1) is 0 Å². The number of hydrogen-bond acceptors (Lipinski definition) is 2. The molecule has 0 amide bonds. The molecule has 0 aliphatic carbocycles. The van der Waals surface area contributed by atoms with Crippen LogP contribution >= 0.6 is 27.5 Å². The number of benzene rings is 3. The number of aliphatic imine (C=N–C) groups is 1. The smallest absolute Gasteiger partial charge is 0.128 e. The van der Waals surface area contributed by atoms with Crippen LogP contribution in [0.25, 0.3) is 0 Å². The minimum atomic E-state index is 0.452. The molecule has 0 atom stereocenters. The van der Waals surface area contributed by atoms with E-state index < -0.39 is 0 Å². The second-order valence-corrected chi connectivity index (χ2v) is 7.05. The van der Waals surface area contributed by atoms with Gasteiger partial charge < -0.3 is 4.74 Å². The van der Waals surface area contributed by atoms with Gasteiger partial charge in [0.15, 0.2) is 0 Å². The van der Waals surface area contributed by atoms with Crippen LogP contribution in [0.4, 0.5) is 5.69 Å². The van der Waals surface area contributed by atoms with Gasteiger partial charge in [-0.1, -0.05) is 57.4 Å². The largest absolute Gasteiger partial charge is 0.488 e. The zero-order chi connectivity index (χ0) is 17.6. The Morgan fingerprint density at radius 1 is 1.04 bits per heavy atom. The quantitative estimate of drug-likeness (QED) is 0.424. The summed E-state index contributed by atoms with van der Waals surface area (Å²) in [6.07, 6.45) is 1.82. The van der Waals surface area contributed by atoms with Crippen molar-refractivity contribution in [3.63, 3.8) is 0 Å². The lowest BCUT2D eigenvalue weighted by molar-refractivity contribution is 0.306. The summed E-state index contributed by atoms with van der Waals surface area (Å²) in [5, 5.41) is 0.707. The van der Waals surface area contributed by atoms with E-state index in [2.05, 4.69) is 27.8 Å². The first-order valence-electron chi connectivity index (χ1n) is 7.88. The fraction of sp³-hybridized carbons (Fsp3) is 0.0952. The molecule has 0 unspecified atom stereocenters. The normalized spacial score (nSPS) is 11.0. The van der Waals surface area contributed by atoms with Crippen molar-refractivity contribution in [2.45, 2.75) is 13.5 Å². The average Bonchev–Trinajstić information content (AvgIpc) is 2.60. The summed E-state index contributed by atoms with van der Waals surface area (Å²) < 4.78 is 6.95. The van der Waals surface area contributed by atoms with Gasteiger partial charge in [0.1, 0.15) is 12.4 Å². The Hall–Kier alpha value is -2.10. The molecule has 0 N–H and O–H groups in total. The van der Waals surface area contributed by atoms with Crippen molar-refractivity contribution in [2.75, 3.05) is 0 Å². The van der Waals surface area contributed by atoms with E-state index in [9.17, 15) is 0 Å². The Kier molecular flexibility index (Phi) is 5.90. The Morgan fingerprint density at radius 3 is 2.60 bits per heavy atom. The Balaban J connectivity index is 1.79. The maximum atomic E-state index is 6.02. The van der Waals surface area contributed by atoms with E-state index in [1.807, 2.05) is 72.9 Å². The summed E-state index contributed by atoms with van der Waals surface area (Å²) in [5.41, 5.74) is 4.06. The molecule has 0 aliphatic heterocycles. The fourth-order valence-corrected chi connectivity index (χ4v) is 2.91. The number of hydrogen-bond donors (Lipinski definition) is 0. The maximum absolute atomic E-state index is 6.02. The van der Waals surface area contributed by atoms with Gasteiger partial charge in [0, 0.05) is 21.3 Å². The fourth-order valence-electron chi connectivity index (χ4n) is 2.31. The van der Waals surface area contributed by atoms with E-state index in [0.29, 0.717) is 11.6 Å². The van der Waals surface area contributed by atoms with Gasteiger partial charge in [0.05, 0.1) is 5.69 Å². The first-order chi connectivity index (χ1) is 12.1. The van der Waals surface area contributed by atoms with Crippen molar-refractivity contribution in [3.8, 4) is 5.75 Å². The zero-order valence-electron chi connectivity index (χ0n) is 13.7. The zero-order valence-corrected chi connectivity index (χ0v) is 16.1. The summed E-state index contributed by atoms with van der Waals surface area (Å²) in [6, 6.07) is 21.6. The highest BCUT2D eigenvalue weighted by Gasteiger charge is 2.04. The third kappa shape index (κ3) is 5.18. The third-order valence-corrected chi connectivity index (χ3v) is 4.37. The van der Waals surface area contributed by atoms with E-state index in [0.717, 1.165) is 27.0 Å². The molecule has 2 nitrogen and oxygen atoms in total. The van der Waals surface area contributed by atoms with Crippen LogP contribution in [0.5, 0.6) is 5.75 Å². The molecule has 0 radical (unpaired) electrons. The van der Waals surface area contributed by atoms with E-state index >= 15 is 0 Å². The molecule has 0 aromatic heterocycles. The molecule has 3 rings (SSSR count). The first kappa shape index (κ1) is 17.7. The van der Waals surface area contributed by atoms with Crippen LogP contribution in [-0.4, -0.2) is 6.21 Å². The predicted molar refractivity (Wildman–Crippen MR) is 108 cm³/mol. The summed E-state index contributed by atoms with van der Waals surface area (Å²) in [6.45, 7) is 2.51. The molecule has 3 aromatic carbocycles. The number of nitrogens with zero attached hydrogens (tertiary/aromatic N) is 1. The minimum absolute atomic E-state index is 0.452. The minimum Gasteiger partial charge on any atom is -0.488 e. The number of aryl methyl sites for hydroxylation is 1. The van der Waals surface area contributed by atoms with E-state index in [1.54, 1.807) is 0 Å². The summed E-state index contributed by atoms with van der Waals surface area (Å²) in [5.74, 6) is 0.777. The van der Waals surface area contributed by atoms with E-state index in [-0.39, 0.29) is 0 Å². The lowest BCUT2D eigenvalue weighted by Gasteiger charge is -2.10. The first-order valence-corrected chi connectivity index (χ1v) is 9.05. The van der Waals surface area contributed by atoms with Crippen molar-refractivity contribution in [1.82, 2.24) is 0 Å². The van der Waals surface area contributed by atoms with Crippen molar-refractivity contribution >= 4 is 39.4 Å². The SMILES string of the molecule is Cc1ccc(N=Cc2cc(Br)ccc2OCc2cccc(Cl)c2)cc1. The molecular weight excluding hydrogens is 398 g/mol. The standard InChI is InChI=1S/C21H17BrClNO/c1-15-5-8-20(9-6-15)24-13-17-12-18(22)7-10-21(17)25-14-16-3-2-4-19(23)11-16/h2-13H,14H2,1H3. The molecule has 0 aliphatic rings. The molecule has 0 saturated carbocycles. The average molecular weight is 415 g/mol. The molecule has 126 valence electrons. The Labute approximate surface area is 161 Å². The summed E-state index contributed by atoms with van der Waals surface area (Å²) in [4.78, 5) is 4.54. The highest BCUT2D eigenvalue weighted by molar-refractivity contribution is 9.10. The van der Waals surface area contributed by atoms with Gasteiger partial charge in [-0.3, -0.25) is 4.99 Å². The van der Waals surface area contributed by atoms with Crippen molar-refractivity contribution in [3.05, 3.63) is 92.9 Å². The van der Waals surface area contributed by atoms with Crippen LogP contribution in [0.1, 0.15) is 16.7 Å². The topological polar surface area (TPSA) is 21.6 Å². The van der Waals surface area contributed by atoms with Gasteiger partial charge in [-0.2, -0.15) is 0 Å². The van der Waals surface area contributed by atoms with Crippen LogP contribution in [0, 0.1) is 6.92 Å². The number of halogens is 2. The molecule has 4 heteroatoms. The van der Waals surface area contributed by atoms with Crippen LogP contribution in [-0.2, 0) is 6.61 Å². The monoisotopic (exact) mass is 413 g/mol. The van der Waals surface area contributed by atoms with Crippen molar-refractivity contribution in [2.24, 2.45) is 4.99 Å². The van der Waals surface area contributed by atoms with Crippen LogP contribution in [0.15, 0.2) is 76.2 Å². The number of ether oxygens (including phenoxy) is 1. The molecule has 0 spiro atoms. The van der Waals surface area contributed by atoms with E-state index in [4.69, 9.17) is 16.3 Å². The molecule has 0 heterocycles.